The number of methoxy groups -OCH3 is 1. The Hall–Kier alpha value is -1.78. The molecule has 18 heavy (non-hydrogen) atoms. The zero-order valence-corrected chi connectivity index (χ0v) is 11.4. The number of anilines is 2. The number of aromatic nitrogens is 1. The van der Waals surface area contributed by atoms with E-state index in [0.29, 0.717) is 17.2 Å². The fourth-order valence-corrected chi connectivity index (χ4v) is 1.52. The summed E-state index contributed by atoms with van der Waals surface area (Å²) in [5, 5.41) is 0. The lowest BCUT2D eigenvalue weighted by Crippen LogP contribution is -2.21. The summed E-state index contributed by atoms with van der Waals surface area (Å²) in [6.45, 7) is 5.23. The van der Waals surface area contributed by atoms with Crippen molar-refractivity contribution in [3.63, 3.8) is 0 Å². The van der Waals surface area contributed by atoms with Crippen LogP contribution in [0, 0.1) is 5.92 Å². The largest absolute Gasteiger partial charge is 0.465 e. The number of hydrogen-bond acceptors (Lipinski definition) is 5. The molecular weight excluding hydrogens is 230 g/mol. The Labute approximate surface area is 108 Å². The van der Waals surface area contributed by atoms with E-state index in [1.54, 1.807) is 6.07 Å². The number of nitrogens with two attached hydrogens (primary N) is 1. The minimum Gasteiger partial charge on any atom is -0.465 e. The minimum absolute atomic E-state index is 0.336. The van der Waals surface area contributed by atoms with Crippen LogP contribution >= 0.6 is 0 Å². The molecule has 0 unspecified atom stereocenters. The maximum atomic E-state index is 11.5. The fourth-order valence-electron chi connectivity index (χ4n) is 1.52. The normalized spacial score (nSPS) is 10.5. The first-order valence-electron chi connectivity index (χ1n) is 6.00. The van der Waals surface area contributed by atoms with E-state index in [4.69, 9.17) is 5.73 Å². The molecule has 0 saturated heterocycles. The quantitative estimate of drug-likeness (QED) is 0.810. The molecule has 0 fully saturated rings. The van der Waals surface area contributed by atoms with Gasteiger partial charge in [-0.25, -0.2) is 9.78 Å². The zero-order chi connectivity index (χ0) is 13.7. The van der Waals surface area contributed by atoms with Crippen LogP contribution in [0.1, 0.15) is 30.6 Å². The highest BCUT2D eigenvalue weighted by Gasteiger charge is 2.13. The molecule has 0 spiro atoms. The first-order chi connectivity index (χ1) is 8.45. The molecular formula is C13H21N3O2. The molecule has 5 heteroatoms. The lowest BCUT2D eigenvalue weighted by molar-refractivity contribution is 0.0602. The molecule has 0 aliphatic heterocycles. The van der Waals surface area contributed by atoms with E-state index >= 15 is 0 Å². The molecule has 0 amide bonds. The third-order valence-corrected chi connectivity index (χ3v) is 2.76. The number of nitrogen functional groups attached to an aromatic ring is 1. The van der Waals surface area contributed by atoms with Gasteiger partial charge in [0.2, 0.25) is 0 Å². The predicted molar refractivity (Wildman–Crippen MR) is 72.7 cm³/mol. The van der Waals surface area contributed by atoms with Crippen molar-refractivity contribution in [1.29, 1.82) is 0 Å². The summed E-state index contributed by atoms with van der Waals surface area (Å²) in [6, 6.07) is 1.67. The van der Waals surface area contributed by atoms with Crippen molar-refractivity contribution in [1.82, 2.24) is 4.98 Å². The van der Waals surface area contributed by atoms with Crippen LogP contribution in [0.5, 0.6) is 0 Å². The molecule has 0 radical (unpaired) electrons. The maximum Gasteiger partial charge on any atom is 0.340 e. The highest BCUT2D eigenvalue weighted by molar-refractivity contribution is 5.95. The highest BCUT2D eigenvalue weighted by Crippen LogP contribution is 2.18. The van der Waals surface area contributed by atoms with Crippen molar-refractivity contribution >= 4 is 17.5 Å². The lowest BCUT2D eigenvalue weighted by Gasteiger charge is -2.20. The molecule has 0 aliphatic carbocycles. The van der Waals surface area contributed by atoms with Crippen molar-refractivity contribution in [3.8, 4) is 0 Å². The molecule has 1 rings (SSSR count). The summed E-state index contributed by atoms with van der Waals surface area (Å²) in [6.07, 6.45) is 2.56. The van der Waals surface area contributed by atoms with E-state index in [-0.39, 0.29) is 0 Å². The van der Waals surface area contributed by atoms with Crippen molar-refractivity contribution in [2.75, 3.05) is 31.3 Å². The molecule has 100 valence electrons. The third-order valence-electron chi connectivity index (χ3n) is 2.76. The molecule has 0 saturated carbocycles. The second kappa shape index (κ2) is 6.23. The van der Waals surface area contributed by atoms with Gasteiger partial charge in [0.1, 0.15) is 5.82 Å². The van der Waals surface area contributed by atoms with E-state index < -0.39 is 5.97 Å². The standard InChI is InChI=1S/C13H21N3O2/c1-9(2)5-6-16(3)12-7-10(13(17)18-4)11(14)8-15-12/h7-9H,5-6,14H2,1-4H3. The Kier molecular flexibility index (Phi) is 4.95. The number of ether oxygens (including phenoxy) is 1. The summed E-state index contributed by atoms with van der Waals surface area (Å²) >= 11 is 0. The molecule has 0 aliphatic rings. The Morgan fingerprint density at radius 2 is 2.22 bits per heavy atom. The topological polar surface area (TPSA) is 68.5 Å². The molecule has 0 aromatic carbocycles. The first kappa shape index (κ1) is 14.3. The first-order valence-corrected chi connectivity index (χ1v) is 6.00. The van der Waals surface area contributed by atoms with Gasteiger partial charge in [0.05, 0.1) is 24.6 Å². The van der Waals surface area contributed by atoms with Crippen LogP contribution < -0.4 is 10.6 Å². The van der Waals surface area contributed by atoms with Crippen LogP contribution in [0.4, 0.5) is 11.5 Å². The Bertz CT molecular complexity index is 419. The van der Waals surface area contributed by atoms with Gasteiger partial charge in [-0.3, -0.25) is 0 Å². The predicted octanol–water partition coefficient (Wildman–Crippen LogP) is 1.93. The van der Waals surface area contributed by atoms with Crippen molar-refractivity contribution in [3.05, 3.63) is 17.8 Å². The van der Waals surface area contributed by atoms with Crippen LogP contribution in [0.25, 0.3) is 0 Å². The van der Waals surface area contributed by atoms with Crippen LogP contribution in [0.15, 0.2) is 12.3 Å². The number of nitrogens with zero attached hydrogens (tertiary/aromatic N) is 2. The Morgan fingerprint density at radius 1 is 1.56 bits per heavy atom. The van der Waals surface area contributed by atoms with Crippen molar-refractivity contribution in [2.45, 2.75) is 20.3 Å². The molecule has 0 bridgehead atoms. The summed E-state index contributed by atoms with van der Waals surface area (Å²) in [5.41, 5.74) is 6.40. The number of carbonyl (C=O) groups is 1. The van der Waals surface area contributed by atoms with Gasteiger partial charge in [0, 0.05) is 13.6 Å². The van der Waals surface area contributed by atoms with Gasteiger partial charge in [0.15, 0.2) is 0 Å². The summed E-state index contributed by atoms with van der Waals surface area (Å²) in [4.78, 5) is 17.8. The molecule has 0 atom stereocenters. The number of pyridine rings is 1. The van der Waals surface area contributed by atoms with Crippen LogP contribution in [0.3, 0.4) is 0 Å². The number of esters is 1. The van der Waals surface area contributed by atoms with Crippen LogP contribution in [0.2, 0.25) is 0 Å². The van der Waals surface area contributed by atoms with Crippen LogP contribution in [-0.2, 0) is 4.74 Å². The summed E-state index contributed by atoms with van der Waals surface area (Å²) in [7, 11) is 3.28. The Balaban J connectivity index is 2.87. The van der Waals surface area contributed by atoms with Gasteiger partial charge in [-0.1, -0.05) is 13.8 Å². The molecule has 1 heterocycles. The zero-order valence-electron chi connectivity index (χ0n) is 11.4. The lowest BCUT2D eigenvalue weighted by atomic mass is 10.1. The SMILES string of the molecule is COC(=O)c1cc(N(C)CCC(C)C)ncc1N. The van der Waals surface area contributed by atoms with E-state index in [2.05, 4.69) is 23.6 Å². The smallest absolute Gasteiger partial charge is 0.340 e. The summed E-state index contributed by atoms with van der Waals surface area (Å²) < 4.78 is 4.68. The Morgan fingerprint density at radius 3 is 2.78 bits per heavy atom. The number of carbonyl (C=O) groups excluding carboxylic acids is 1. The third kappa shape index (κ3) is 3.61. The van der Waals surface area contributed by atoms with Gasteiger partial charge in [-0.15, -0.1) is 0 Å². The van der Waals surface area contributed by atoms with Gasteiger partial charge < -0.3 is 15.4 Å². The molecule has 2 N–H and O–H groups in total. The number of hydrogen-bond donors (Lipinski definition) is 1. The van der Waals surface area contributed by atoms with Crippen molar-refractivity contribution < 1.29 is 9.53 Å². The van der Waals surface area contributed by atoms with E-state index in [9.17, 15) is 4.79 Å². The van der Waals surface area contributed by atoms with Crippen molar-refractivity contribution in [2.24, 2.45) is 5.92 Å². The summed E-state index contributed by atoms with van der Waals surface area (Å²) in [5.74, 6) is 0.917. The van der Waals surface area contributed by atoms with E-state index in [1.807, 2.05) is 11.9 Å². The second-order valence-corrected chi connectivity index (χ2v) is 4.73. The molecule has 1 aromatic heterocycles. The minimum atomic E-state index is -0.437. The highest BCUT2D eigenvalue weighted by atomic mass is 16.5. The van der Waals surface area contributed by atoms with Gasteiger partial charge in [-0.2, -0.15) is 0 Å². The average Bonchev–Trinajstić information content (AvgIpc) is 2.35. The van der Waals surface area contributed by atoms with Gasteiger partial charge in [0.25, 0.3) is 0 Å². The van der Waals surface area contributed by atoms with E-state index in [1.165, 1.54) is 13.3 Å². The van der Waals surface area contributed by atoms with Gasteiger partial charge in [-0.05, 0) is 18.4 Å². The van der Waals surface area contributed by atoms with Crippen LogP contribution in [-0.4, -0.2) is 31.7 Å². The molecule has 5 nitrogen and oxygen atoms in total. The monoisotopic (exact) mass is 251 g/mol. The fraction of sp³-hybridized carbons (Fsp3) is 0.538. The number of rotatable bonds is 5. The second-order valence-electron chi connectivity index (χ2n) is 4.73. The van der Waals surface area contributed by atoms with E-state index in [0.717, 1.165) is 18.8 Å². The van der Waals surface area contributed by atoms with Gasteiger partial charge >= 0.3 is 5.97 Å². The average molecular weight is 251 g/mol. The maximum absolute atomic E-state index is 11.5. The molecule has 1 aromatic rings.